The van der Waals surface area contributed by atoms with Gasteiger partial charge < -0.3 is 31.0 Å². The Bertz CT molecular complexity index is 1540. The lowest BCUT2D eigenvalue weighted by Gasteiger charge is -2.30. The van der Waals surface area contributed by atoms with Crippen LogP contribution in [0.3, 0.4) is 0 Å². The summed E-state index contributed by atoms with van der Waals surface area (Å²) in [5.74, 6) is 2.28. The molecule has 2 unspecified atom stereocenters. The van der Waals surface area contributed by atoms with E-state index in [-0.39, 0.29) is 18.1 Å². The van der Waals surface area contributed by atoms with Crippen molar-refractivity contribution < 1.29 is 9.53 Å². The van der Waals surface area contributed by atoms with Gasteiger partial charge in [0.2, 0.25) is 11.9 Å². The van der Waals surface area contributed by atoms with E-state index >= 15 is 0 Å². The summed E-state index contributed by atoms with van der Waals surface area (Å²) < 4.78 is 6.30. The molecule has 0 aliphatic carbocycles. The number of aromatic nitrogens is 3. The largest absolute Gasteiger partial charge is 0.489 e. The molecule has 5 N–H and O–H groups in total. The topological polar surface area (TPSA) is 116 Å². The van der Waals surface area contributed by atoms with Gasteiger partial charge >= 0.3 is 0 Å². The fourth-order valence-corrected chi connectivity index (χ4v) is 6.29. The zero-order valence-electron chi connectivity index (χ0n) is 25.2. The number of thioether (sulfide) groups is 1. The van der Waals surface area contributed by atoms with Crippen LogP contribution >= 0.6 is 11.8 Å². The SMILES string of the molecule is CNC(=O)C1CCC(c2cc(OC(C)C)c(Nc3nc(Nc4ccccc4SC(C)C)c4cc[nH]c4n3)cc2C)CN1. The minimum absolute atomic E-state index is 0.0118. The van der Waals surface area contributed by atoms with Crippen LogP contribution in [0.5, 0.6) is 5.75 Å². The minimum Gasteiger partial charge on any atom is -0.489 e. The summed E-state index contributed by atoms with van der Waals surface area (Å²) in [6, 6.07) is 14.4. The summed E-state index contributed by atoms with van der Waals surface area (Å²) in [7, 11) is 1.68. The molecule has 1 aliphatic heterocycles. The molecule has 9 nitrogen and oxygen atoms in total. The first-order valence-corrected chi connectivity index (χ1v) is 15.5. The van der Waals surface area contributed by atoms with Crippen molar-refractivity contribution in [3.05, 3.63) is 59.8 Å². The zero-order chi connectivity index (χ0) is 29.8. The third-order valence-electron chi connectivity index (χ3n) is 7.31. The van der Waals surface area contributed by atoms with Gasteiger partial charge in [-0.1, -0.05) is 26.0 Å². The highest BCUT2D eigenvalue weighted by Crippen LogP contribution is 2.38. The molecular formula is C32H41N7O2S. The van der Waals surface area contributed by atoms with E-state index < -0.39 is 0 Å². The van der Waals surface area contributed by atoms with Crippen molar-refractivity contribution in [3.63, 3.8) is 0 Å². The van der Waals surface area contributed by atoms with Gasteiger partial charge in [-0.05, 0) is 81.0 Å². The summed E-state index contributed by atoms with van der Waals surface area (Å²) in [6.07, 6.45) is 3.59. The second-order valence-electron chi connectivity index (χ2n) is 11.3. The monoisotopic (exact) mass is 587 g/mol. The quantitative estimate of drug-likeness (QED) is 0.131. The number of rotatable bonds is 10. The molecule has 3 heterocycles. The third-order valence-corrected chi connectivity index (χ3v) is 8.39. The van der Waals surface area contributed by atoms with Crippen LogP contribution in [0.25, 0.3) is 11.0 Å². The fraction of sp³-hybridized carbons (Fsp3) is 0.406. The molecule has 5 rings (SSSR count). The maximum absolute atomic E-state index is 12.1. The van der Waals surface area contributed by atoms with Crippen LogP contribution < -0.4 is 26.0 Å². The number of piperidine rings is 1. The number of carbonyl (C=O) groups excluding carboxylic acids is 1. The van der Waals surface area contributed by atoms with Gasteiger partial charge in [0.05, 0.1) is 28.9 Å². The first-order valence-electron chi connectivity index (χ1n) is 14.6. The maximum atomic E-state index is 12.1. The van der Waals surface area contributed by atoms with E-state index in [4.69, 9.17) is 14.7 Å². The number of aromatic amines is 1. The van der Waals surface area contributed by atoms with Crippen LogP contribution in [0, 0.1) is 6.92 Å². The van der Waals surface area contributed by atoms with E-state index in [2.05, 4.69) is 77.4 Å². The Morgan fingerprint density at radius 3 is 2.57 bits per heavy atom. The number of hydrogen-bond acceptors (Lipinski definition) is 8. The Balaban J connectivity index is 1.45. The first kappa shape index (κ1) is 29.7. The minimum atomic E-state index is -0.141. The van der Waals surface area contributed by atoms with Crippen molar-refractivity contribution in [2.75, 3.05) is 24.2 Å². The van der Waals surface area contributed by atoms with E-state index in [1.807, 2.05) is 43.9 Å². The van der Waals surface area contributed by atoms with Gasteiger partial charge in [0.15, 0.2) is 0 Å². The van der Waals surface area contributed by atoms with Crippen LogP contribution in [-0.4, -0.2) is 51.8 Å². The first-order chi connectivity index (χ1) is 20.2. The number of H-pyrrole nitrogens is 1. The van der Waals surface area contributed by atoms with Crippen LogP contribution in [0.15, 0.2) is 53.6 Å². The lowest BCUT2D eigenvalue weighted by Crippen LogP contribution is -2.47. The molecule has 2 aromatic heterocycles. The normalized spacial score (nSPS) is 17.0. The van der Waals surface area contributed by atoms with E-state index in [1.54, 1.807) is 7.05 Å². The van der Waals surface area contributed by atoms with Gasteiger partial charge in [0, 0.05) is 29.9 Å². The molecular weight excluding hydrogens is 546 g/mol. The Hall–Kier alpha value is -3.76. The average molecular weight is 588 g/mol. The molecule has 0 spiro atoms. The van der Waals surface area contributed by atoms with Crippen LogP contribution in [-0.2, 0) is 4.79 Å². The number of carbonyl (C=O) groups is 1. The van der Waals surface area contributed by atoms with Crippen LogP contribution in [0.1, 0.15) is 57.6 Å². The molecule has 10 heteroatoms. The Morgan fingerprint density at radius 1 is 1.05 bits per heavy atom. The molecule has 42 heavy (non-hydrogen) atoms. The molecule has 0 radical (unpaired) electrons. The van der Waals surface area contributed by atoms with E-state index in [0.717, 1.165) is 58.9 Å². The van der Waals surface area contributed by atoms with Gasteiger partial charge in [-0.3, -0.25) is 4.79 Å². The molecule has 0 bridgehead atoms. The van der Waals surface area contributed by atoms with Gasteiger partial charge in [-0.15, -0.1) is 11.8 Å². The highest BCUT2D eigenvalue weighted by atomic mass is 32.2. The Labute approximate surface area is 252 Å². The molecule has 1 saturated heterocycles. The number of para-hydroxylation sites is 1. The van der Waals surface area contributed by atoms with Gasteiger partial charge in [-0.25, -0.2) is 0 Å². The number of amides is 1. The van der Waals surface area contributed by atoms with Crippen molar-refractivity contribution in [2.45, 2.75) is 75.7 Å². The van der Waals surface area contributed by atoms with Crippen LogP contribution in [0.2, 0.25) is 0 Å². The van der Waals surface area contributed by atoms with E-state index in [1.165, 1.54) is 10.5 Å². The maximum Gasteiger partial charge on any atom is 0.236 e. The van der Waals surface area contributed by atoms with E-state index in [0.29, 0.717) is 17.1 Å². The lowest BCUT2D eigenvalue weighted by atomic mass is 9.86. The molecule has 0 saturated carbocycles. The second-order valence-corrected chi connectivity index (χ2v) is 12.9. The average Bonchev–Trinajstić information content (AvgIpc) is 3.44. The van der Waals surface area contributed by atoms with Crippen molar-refractivity contribution >= 4 is 51.8 Å². The number of ether oxygens (including phenoxy) is 1. The molecule has 1 amide bonds. The summed E-state index contributed by atoms with van der Waals surface area (Å²) in [6.45, 7) is 11.3. The van der Waals surface area contributed by atoms with Gasteiger partial charge in [0.1, 0.15) is 17.2 Å². The predicted molar refractivity (Wildman–Crippen MR) is 173 cm³/mol. The number of nitrogens with one attached hydrogen (secondary N) is 5. The summed E-state index contributed by atoms with van der Waals surface area (Å²) in [4.78, 5) is 26.2. The molecule has 1 fully saturated rings. The third kappa shape index (κ3) is 6.82. The van der Waals surface area contributed by atoms with E-state index in [9.17, 15) is 4.79 Å². The molecule has 222 valence electrons. The Kier molecular flexibility index (Phi) is 9.23. The van der Waals surface area contributed by atoms with Crippen molar-refractivity contribution in [1.82, 2.24) is 25.6 Å². The van der Waals surface area contributed by atoms with Gasteiger partial charge in [-0.2, -0.15) is 9.97 Å². The van der Waals surface area contributed by atoms with Crippen molar-refractivity contribution in [2.24, 2.45) is 0 Å². The standard InChI is InChI=1S/C32H41N7O2S/c1-18(2)41-27-16-23(21-11-12-25(35-17-21)31(40)33-6)20(5)15-26(27)37-32-38-29-22(13-14-34-29)30(39-32)36-24-9-7-8-10-28(24)42-19(3)4/h7-10,13-16,18-19,21,25,35H,11-12,17H2,1-6H3,(H,33,40)(H3,34,36,37,38,39). The zero-order valence-corrected chi connectivity index (χ0v) is 26.0. The molecule has 4 aromatic rings. The number of fused-ring (bicyclic) bond motifs is 1. The number of anilines is 4. The molecule has 2 atom stereocenters. The van der Waals surface area contributed by atoms with Crippen LogP contribution in [0.4, 0.5) is 23.1 Å². The fourth-order valence-electron chi connectivity index (χ4n) is 5.38. The molecule has 2 aromatic carbocycles. The second kappa shape index (κ2) is 13.0. The highest BCUT2D eigenvalue weighted by molar-refractivity contribution is 8.00. The number of likely N-dealkylation sites (N-methyl/N-ethyl adjacent to an activating group) is 1. The number of benzene rings is 2. The Morgan fingerprint density at radius 2 is 1.86 bits per heavy atom. The number of hydrogen-bond donors (Lipinski definition) is 5. The van der Waals surface area contributed by atoms with Gasteiger partial charge in [0.25, 0.3) is 0 Å². The summed E-state index contributed by atoms with van der Waals surface area (Å²) >= 11 is 1.81. The molecule has 1 aliphatic rings. The summed E-state index contributed by atoms with van der Waals surface area (Å²) in [5, 5.41) is 14.5. The van der Waals surface area contributed by atoms with Crippen molar-refractivity contribution in [1.29, 1.82) is 0 Å². The highest BCUT2D eigenvalue weighted by Gasteiger charge is 2.27. The smallest absolute Gasteiger partial charge is 0.236 e. The number of nitrogens with zero attached hydrogens (tertiary/aromatic N) is 2. The number of aryl methyl sites for hydroxylation is 1. The lowest BCUT2D eigenvalue weighted by molar-refractivity contribution is -0.123. The summed E-state index contributed by atoms with van der Waals surface area (Å²) in [5.41, 5.74) is 4.93. The van der Waals surface area contributed by atoms with Crippen molar-refractivity contribution in [3.8, 4) is 5.75 Å². The predicted octanol–water partition coefficient (Wildman–Crippen LogP) is 6.62.